The zero-order valence-electron chi connectivity index (χ0n) is 37.4. The molecule has 65 heavy (non-hydrogen) atoms. The van der Waals surface area contributed by atoms with Crippen molar-refractivity contribution in [3.8, 4) is 11.3 Å². The van der Waals surface area contributed by atoms with E-state index in [9.17, 15) is 19.4 Å². The number of anilines is 4. The lowest BCUT2D eigenvalue weighted by Crippen LogP contribution is -2.52. The van der Waals surface area contributed by atoms with Gasteiger partial charge in [-0.3, -0.25) is 9.69 Å². The highest BCUT2D eigenvalue weighted by molar-refractivity contribution is 6.33. The number of rotatable bonds is 15. The van der Waals surface area contributed by atoms with Crippen molar-refractivity contribution >= 4 is 51.8 Å². The zero-order chi connectivity index (χ0) is 45.8. The Morgan fingerprint density at radius 2 is 1.77 bits per heavy atom. The number of benzene rings is 2. The van der Waals surface area contributed by atoms with Crippen molar-refractivity contribution in [2.24, 2.45) is 0 Å². The SMILES string of the molecule is CC(C)n1c(C(C)(C)O)nc2c(F)cc(-c3nc(N[C@@H]4CCN(C(=O)CCOCCN5CCN(c6cc(N[C@@H]7CCCN(c8cccc(F)c8)C7)ncn6)CC5)C[C@H]4O)ncc3Cl)cc21. The number of piperidine rings is 2. The Labute approximate surface area is 383 Å². The Kier molecular flexibility index (Phi) is 14.3. The molecule has 0 aliphatic carbocycles. The van der Waals surface area contributed by atoms with E-state index in [1.54, 1.807) is 47.8 Å². The quantitative estimate of drug-likeness (QED) is 0.0942. The van der Waals surface area contributed by atoms with Crippen LogP contribution in [0, 0.1) is 11.6 Å². The van der Waals surface area contributed by atoms with E-state index in [0.717, 1.165) is 76.0 Å². The summed E-state index contributed by atoms with van der Waals surface area (Å²) < 4.78 is 37.1. The highest BCUT2D eigenvalue weighted by atomic mass is 35.5. The van der Waals surface area contributed by atoms with E-state index in [4.69, 9.17) is 16.3 Å². The number of halogens is 3. The minimum atomic E-state index is -1.30. The number of nitrogens with zero attached hydrogens (tertiary/aromatic N) is 10. The first-order chi connectivity index (χ1) is 31.2. The molecule has 3 saturated heterocycles. The van der Waals surface area contributed by atoms with Crippen LogP contribution < -0.4 is 20.4 Å². The summed E-state index contributed by atoms with van der Waals surface area (Å²) in [5, 5.41) is 28.9. The second-order valence-electron chi connectivity index (χ2n) is 18.0. The van der Waals surface area contributed by atoms with Gasteiger partial charge in [0.2, 0.25) is 11.9 Å². The van der Waals surface area contributed by atoms with Gasteiger partial charge < -0.3 is 44.9 Å². The molecule has 3 aliphatic rings. The molecular formula is C46H59ClF2N12O4. The third-order valence-electron chi connectivity index (χ3n) is 12.4. The molecule has 0 unspecified atom stereocenters. The van der Waals surface area contributed by atoms with Crippen LogP contribution in [0.2, 0.25) is 5.02 Å². The van der Waals surface area contributed by atoms with Gasteiger partial charge in [-0.2, -0.15) is 0 Å². The Morgan fingerprint density at radius 1 is 0.954 bits per heavy atom. The number of carbonyl (C=O) groups is 1. The maximum atomic E-state index is 15.5. The molecule has 16 nitrogen and oxygen atoms in total. The van der Waals surface area contributed by atoms with Gasteiger partial charge in [0.05, 0.1) is 54.2 Å². The predicted octanol–water partition coefficient (Wildman–Crippen LogP) is 5.71. The molecule has 19 heteroatoms. The molecular weight excluding hydrogens is 858 g/mol. The highest BCUT2D eigenvalue weighted by Gasteiger charge is 2.32. The topological polar surface area (TPSA) is 173 Å². The van der Waals surface area contributed by atoms with Gasteiger partial charge >= 0.3 is 0 Å². The maximum absolute atomic E-state index is 15.5. The number of likely N-dealkylation sites (tertiary alicyclic amines) is 1. The minimum absolute atomic E-state index is 0.0851. The van der Waals surface area contributed by atoms with E-state index in [2.05, 4.69) is 50.3 Å². The second-order valence-corrected chi connectivity index (χ2v) is 18.4. The summed E-state index contributed by atoms with van der Waals surface area (Å²) in [6.07, 6.45) is 4.84. The number of amides is 1. The minimum Gasteiger partial charge on any atom is -0.389 e. The molecule has 4 N–H and O–H groups in total. The molecule has 3 aliphatic heterocycles. The van der Waals surface area contributed by atoms with Crippen LogP contribution in [0.1, 0.15) is 65.2 Å². The third-order valence-corrected chi connectivity index (χ3v) is 12.7. The first-order valence-electron chi connectivity index (χ1n) is 22.5. The van der Waals surface area contributed by atoms with Gasteiger partial charge in [0, 0.05) is 88.3 Å². The molecule has 3 atom stereocenters. The van der Waals surface area contributed by atoms with Crippen molar-refractivity contribution in [3.05, 3.63) is 77.5 Å². The summed E-state index contributed by atoms with van der Waals surface area (Å²) in [5.41, 5.74) is 0.951. The third kappa shape index (κ3) is 11.1. The monoisotopic (exact) mass is 916 g/mol. The Morgan fingerprint density at radius 3 is 2.52 bits per heavy atom. The number of hydrogen-bond donors (Lipinski definition) is 4. The Hall–Kier alpha value is -5.27. The van der Waals surface area contributed by atoms with Crippen molar-refractivity contribution in [3.63, 3.8) is 0 Å². The highest BCUT2D eigenvalue weighted by Crippen LogP contribution is 2.35. The van der Waals surface area contributed by atoms with Gasteiger partial charge in [-0.25, -0.2) is 33.7 Å². The number of ether oxygens (including phenoxy) is 1. The molecule has 348 valence electrons. The van der Waals surface area contributed by atoms with Gasteiger partial charge in [-0.05, 0) is 77.3 Å². The van der Waals surface area contributed by atoms with Gasteiger partial charge in [-0.15, -0.1) is 0 Å². The average molecular weight is 918 g/mol. The summed E-state index contributed by atoms with van der Waals surface area (Å²) in [5.74, 6) is 1.34. The fraction of sp³-hybridized carbons (Fsp3) is 0.522. The number of fused-ring (bicyclic) bond motifs is 1. The number of β-amino-alcohol motifs (C(OH)–C–C–N with tert-alkyl or cyclic N) is 1. The van der Waals surface area contributed by atoms with Gasteiger partial charge in [0.15, 0.2) is 5.82 Å². The number of aliphatic hydroxyl groups excluding tert-OH is 1. The first-order valence-corrected chi connectivity index (χ1v) is 22.9. The molecule has 0 saturated carbocycles. The summed E-state index contributed by atoms with van der Waals surface area (Å²) in [6.45, 7) is 14.2. The normalized spacial score (nSPS) is 19.9. The molecule has 2 aromatic carbocycles. The fourth-order valence-corrected chi connectivity index (χ4v) is 9.20. The number of piperazine rings is 1. The van der Waals surface area contributed by atoms with Crippen molar-refractivity contribution in [2.75, 3.05) is 92.5 Å². The summed E-state index contributed by atoms with van der Waals surface area (Å²) in [4.78, 5) is 44.0. The molecule has 0 bridgehead atoms. The van der Waals surface area contributed by atoms with Crippen LogP contribution in [0.3, 0.4) is 0 Å². The van der Waals surface area contributed by atoms with E-state index in [1.165, 1.54) is 18.3 Å². The first kappa shape index (κ1) is 46.3. The maximum Gasteiger partial charge on any atom is 0.224 e. The van der Waals surface area contributed by atoms with Crippen LogP contribution in [0.5, 0.6) is 0 Å². The molecule has 3 fully saturated rings. The molecule has 0 spiro atoms. The molecule has 6 heterocycles. The standard InChI is InChI=1S/C46H59ClF2N12O4/c1-29(2)61-37-22-30(21-35(49)43(37)55-44(61)46(3,4)64)42-34(47)25-50-45(56-42)54-36-10-13-60(27-38(36)62)41(63)11-19-65-20-18-57-14-16-58(17-15-57)40-24-39(51-28-52-40)53-32-8-6-12-59(26-32)33-9-5-7-31(48)23-33/h5,7,9,21-25,28-29,32,36,38,62,64H,6,8,10-20,26-27H2,1-4H3,(H,50,54,56)(H,51,52,53)/t32-,36-,38-/m1/s1. The van der Waals surface area contributed by atoms with E-state index >= 15 is 4.39 Å². The van der Waals surface area contributed by atoms with E-state index < -0.39 is 23.6 Å². The van der Waals surface area contributed by atoms with Crippen molar-refractivity contribution in [1.82, 2.24) is 39.3 Å². The van der Waals surface area contributed by atoms with Gasteiger partial charge in [-0.1, -0.05) is 17.7 Å². The van der Waals surface area contributed by atoms with Gasteiger partial charge in [0.1, 0.15) is 40.7 Å². The van der Waals surface area contributed by atoms with Gasteiger partial charge in [0.25, 0.3) is 0 Å². The van der Waals surface area contributed by atoms with Crippen molar-refractivity contribution < 1.29 is 28.5 Å². The van der Waals surface area contributed by atoms with Crippen molar-refractivity contribution in [1.29, 1.82) is 0 Å². The average Bonchev–Trinajstić information content (AvgIpc) is 3.70. The lowest BCUT2D eigenvalue weighted by molar-refractivity contribution is -0.135. The molecule has 1 amide bonds. The lowest BCUT2D eigenvalue weighted by atomic mass is 10.0. The number of aliphatic hydroxyl groups is 2. The second kappa shape index (κ2) is 20.1. The zero-order valence-corrected chi connectivity index (χ0v) is 38.2. The van der Waals surface area contributed by atoms with E-state index in [-0.39, 0.29) is 59.9 Å². The fourth-order valence-electron chi connectivity index (χ4n) is 9.00. The number of hydrogen-bond acceptors (Lipinski definition) is 14. The largest absolute Gasteiger partial charge is 0.389 e. The van der Waals surface area contributed by atoms with Crippen LogP contribution >= 0.6 is 11.6 Å². The summed E-state index contributed by atoms with van der Waals surface area (Å²) in [6, 6.07) is 11.5. The summed E-state index contributed by atoms with van der Waals surface area (Å²) in [7, 11) is 0. The Balaban J connectivity index is 0.753. The van der Waals surface area contributed by atoms with Crippen molar-refractivity contribution in [2.45, 2.75) is 83.2 Å². The predicted molar refractivity (Wildman–Crippen MR) is 247 cm³/mol. The van der Waals surface area contributed by atoms with E-state index in [1.807, 2.05) is 26.0 Å². The molecule has 5 aromatic rings. The number of nitrogens with one attached hydrogen (secondary N) is 2. The molecule has 3 aromatic heterocycles. The summed E-state index contributed by atoms with van der Waals surface area (Å²) >= 11 is 6.55. The van der Waals surface area contributed by atoms with Crippen LogP contribution in [-0.2, 0) is 15.1 Å². The lowest BCUT2D eigenvalue weighted by Gasteiger charge is -2.36. The number of carbonyl (C=O) groups excluding carboxylic acids is 1. The van der Waals surface area contributed by atoms with Crippen LogP contribution in [0.15, 0.2) is 55.0 Å². The smallest absolute Gasteiger partial charge is 0.224 e. The molecule has 8 rings (SSSR count). The molecule has 0 radical (unpaired) electrons. The van der Waals surface area contributed by atoms with Crippen LogP contribution in [-0.4, -0.2) is 146 Å². The van der Waals surface area contributed by atoms with E-state index in [0.29, 0.717) is 42.2 Å². The Bertz CT molecular complexity index is 2450. The number of aromatic nitrogens is 6. The van der Waals surface area contributed by atoms with Crippen LogP contribution in [0.25, 0.3) is 22.3 Å². The number of imidazole rings is 1. The van der Waals surface area contributed by atoms with Crippen LogP contribution in [0.4, 0.5) is 32.1 Å².